The van der Waals surface area contributed by atoms with Gasteiger partial charge in [-0.2, -0.15) is 0 Å². The summed E-state index contributed by atoms with van der Waals surface area (Å²) in [7, 11) is -4.27. The van der Waals surface area contributed by atoms with Gasteiger partial charge in [-0.3, -0.25) is 4.79 Å². The molecular formula is C16H24NNaO5S. The predicted molar refractivity (Wildman–Crippen MR) is 87.7 cm³/mol. The smallest absolute Gasteiger partial charge is 0.744 e. The van der Waals surface area contributed by atoms with Gasteiger partial charge in [0.15, 0.2) is 0 Å². The van der Waals surface area contributed by atoms with E-state index in [1.807, 2.05) is 20.8 Å². The molecule has 1 aromatic rings. The Morgan fingerprint density at radius 3 is 2.25 bits per heavy atom. The molecule has 2 atom stereocenters. The first-order valence-corrected chi connectivity index (χ1v) is 8.60. The monoisotopic (exact) mass is 365 g/mol. The normalized spacial score (nSPS) is 12.7. The minimum atomic E-state index is -4.27. The van der Waals surface area contributed by atoms with Crippen LogP contribution in [0.25, 0.3) is 0 Å². The number of hydrogen-bond acceptors (Lipinski definition) is 6. The molecule has 0 spiro atoms. The Balaban J connectivity index is 0. The van der Waals surface area contributed by atoms with E-state index in [0.29, 0.717) is 0 Å². The second kappa shape index (κ2) is 12.6. The van der Waals surface area contributed by atoms with E-state index in [2.05, 4.69) is 6.58 Å². The number of nitrogens with two attached hydrogens (primary N) is 1. The first-order chi connectivity index (χ1) is 10.6. The van der Waals surface area contributed by atoms with Crippen LogP contribution in [0.4, 0.5) is 0 Å². The molecular weight excluding hydrogens is 341 g/mol. The van der Waals surface area contributed by atoms with Gasteiger partial charge in [-0.1, -0.05) is 50.6 Å². The summed E-state index contributed by atoms with van der Waals surface area (Å²) in [5.74, 6) is -0.174. The van der Waals surface area contributed by atoms with Crippen LogP contribution in [0.1, 0.15) is 25.8 Å². The molecule has 1 aromatic carbocycles. The average Bonchev–Trinajstić information content (AvgIpc) is 2.51. The number of carbonyl (C=O) groups excluding carboxylic acids is 1. The van der Waals surface area contributed by atoms with Crippen molar-refractivity contribution in [3.63, 3.8) is 0 Å². The Kier molecular flexibility index (Phi) is 13.4. The maximum absolute atomic E-state index is 11.1. The molecule has 0 amide bonds. The molecule has 0 aliphatic carbocycles. The van der Waals surface area contributed by atoms with Crippen molar-refractivity contribution in [3.05, 3.63) is 42.5 Å². The van der Waals surface area contributed by atoms with E-state index in [1.54, 1.807) is 12.1 Å². The summed E-state index contributed by atoms with van der Waals surface area (Å²) < 4.78 is 36.0. The van der Waals surface area contributed by atoms with E-state index in [1.165, 1.54) is 18.2 Å². The Labute approximate surface area is 166 Å². The summed E-state index contributed by atoms with van der Waals surface area (Å²) in [4.78, 5) is 10.9. The van der Waals surface area contributed by atoms with Crippen LogP contribution in [-0.4, -0.2) is 31.6 Å². The Hall–Kier alpha value is -0.700. The van der Waals surface area contributed by atoms with Gasteiger partial charge in [-0.05, 0) is 25.0 Å². The van der Waals surface area contributed by atoms with Crippen molar-refractivity contribution in [2.24, 2.45) is 11.7 Å². The van der Waals surface area contributed by atoms with Gasteiger partial charge in [0.1, 0.15) is 22.8 Å². The number of aryl methyl sites for hydroxylation is 1. The van der Waals surface area contributed by atoms with Gasteiger partial charge < -0.3 is 15.0 Å². The SMILES string of the molecule is C=CCOC(=O)C(N)C(C)CC.Cc1ccc(S(=O)(=O)[O-])cc1.[Na+]. The zero-order chi connectivity index (χ0) is 18.0. The zero-order valence-electron chi connectivity index (χ0n) is 14.7. The zero-order valence-corrected chi connectivity index (χ0v) is 17.5. The van der Waals surface area contributed by atoms with Crippen molar-refractivity contribution in [2.45, 2.75) is 38.1 Å². The van der Waals surface area contributed by atoms with Crippen LogP contribution >= 0.6 is 0 Å². The van der Waals surface area contributed by atoms with Gasteiger partial charge in [0.2, 0.25) is 0 Å². The van der Waals surface area contributed by atoms with Gasteiger partial charge in [-0.15, -0.1) is 0 Å². The fraction of sp³-hybridized carbons (Fsp3) is 0.438. The standard InChI is InChI=1S/C9H17NO2.C7H8O3S.Na/c1-4-6-12-9(11)8(10)7(3)5-2;1-6-2-4-7(5-3-6)11(8,9)10;/h4,7-8H,1,5-6,10H2,2-3H3;2-5H,1H3,(H,8,9,10);/q;;+1/p-1. The molecule has 130 valence electrons. The molecule has 0 saturated heterocycles. The number of ether oxygens (including phenoxy) is 1. The number of rotatable bonds is 6. The van der Waals surface area contributed by atoms with Gasteiger partial charge in [-0.25, -0.2) is 8.42 Å². The molecule has 0 radical (unpaired) electrons. The van der Waals surface area contributed by atoms with Crippen molar-refractivity contribution in [2.75, 3.05) is 6.61 Å². The summed E-state index contributed by atoms with van der Waals surface area (Å²) in [5.41, 5.74) is 6.53. The average molecular weight is 365 g/mol. The molecule has 0 aliphatic heterocycles. The van der Waals surface area contributed by atoms with Crippen LogP contribution in [0.5, 0.6) is 0 Å². The molecule has 1 rings (SSSR count). The maximum atomic E-state index is 11.1. The quantitative estimate of drug-likeness (QED) is 0.299. The third-order valence-corrected chi connectivity index (χ3v) is 4.03. The molecule has 0 saturated carbocycles. The Bertz CT molecular complexity index is 601. The van der Waals surface area contributed by atoms with Gasteiger partial charge in [0.05, 0.1) is 4.90 Å². The van der Waals surface area contributed by atoms with Crippen LogP contribution in [0.15, 0.2) is 41.8 Å². The van der Waals surface area contributed by atoms with Crippen LogP contribution in [-0.2, 0) is 19.6 Å². The topological polar surface area (TPSA) is 110 Å². The van der Waals surface area contributed by atoms with Gasteiger partial charge in [0.25, 0.3) is 0 Å². The minimum absolute atomic E-state index is 0. The Morgan fingerprint density at radius 2 is 1.88 bits per heavy atom. The van der Waals surface area contributed by atoms with E-state index in [0.717, 1.165) is 12.0 Å². The first kappa shape index (κ1) is 25.5. The summed E-state index contributed by atoms with van der Waals surface area (Å²) in [5, 5.41) is 0. The number of carbonyl (C=O) groups is 1. The largest absolute Gasteiger partial charge is 1.00 e. The van der Waals surface area contributed by atoms with Crippen LogP contribution in [0, 0.1) is 12.8 Å². The van der Waals surface area contributed by atoms with E-state index in [-0.39, 0.29) is 52.9 Å². The fourth-order valence-electron chi connectivity index (χ4n) is 1.43. The van der Waals surface area contributed by atoms with Gasteiger partial charge >= 0.3 is 35.5 Å². The molecule has 6 nitrogen and oxygen atoms in total. The molecule has 2 unspecified atom stereocenters. The third kappa shape index (κ3) is 10.2. The van der Waals surface area contributed by atoms with Crippen molar-refractivity contribution >= 4 is 16.1 Å². The molecule has 24 heavy (non-hydrogen) atoms. The number of esters is 1. The van der Waals surface area contributed by atoms with Crippen molar-refractivity contribution in [1.29, 1.82) is 0 Å². The van der Waals surface area contributed by atoms with E-state index in [4.69, 9.17) is 10.5 Å². The molecule has 0 aliphatic rings. The first-order valence-electron chi connectivity index (χ1n) is 7.19. The second-order valence-electron chi connectivity index (χ2n) is 5.10. The fourth-order valence-corrected chi connectivity index (χ4v) is 1.90. The summed E-state index contributed by atoms with van der Waals surface area (Å²) >= 11 is 0. The molecule has 0 aromatic heterocycles. The summed E-state index contributed by atoms with van der Waals surface area (Å²) in [6.45, 7) is 9.42. The van der Waals surface area contributed by atoms with Crippen LogP contribution < -0.4 is 35.3 Å². The van der Waals surface area contributed by atoms with Crippen molar-refractivity contribution in [3.8, 4) is 0 Å². The number of hydrogen-bond donors (Lipinski definition) is 1. The van der Waals surface area contributed by atoms with Crippen molar-refractivity contribution < 1.29 is 52.1 Å². The molecule has 0 bridgehead atoms. The van der Waals surface area contributed by atoms with E-state index < -0.39 is 16.2 Å². The maximum Gasteiger partial charge on any atom is 1.00 e. The molecule has 8 heteroatoms. The predicted octanol–water partition coefficient (Wildman–Crippen LogP) is -1.01. The van der Waals surface area contributed by atoms with Gasteiger partial charge in [0, 0.05) is 0 Å². The van der Waals surface area contributed by atoms with E-state index >= 15 is 0 Å². The van der Waals surface area contributed by atoms with E-state index in [9.17, 15) is 17.8 Å². The molecule has 0 fully saturated rings. The third-order valence-electron chi connectivity index (χ3n) is 3.18. The summed E-state index contributed by atoms with van der Waals surface area (Å²) in [6.07, 6.45) is 2.41. The van der Waals surface area contributed by atoms with Crippen LogP contribution in [0.2, 0.25) is 0 Å². The summed E-state index contributed by atoms with van der Waals surface area (Å²) in [6, 6.07) is 5.28. The molecule has 0 heterocycles. The number of benzene rings is 1. The second-order valence-corrected chi connectivity index (χ2v) is 6.48. The molecule has 2 N–H and O–H groups in total. The van der Waals surface area contributed by atoms with Crippen molar-refractivity contribution in [1.82, 2.24) is 0 Å². The Morgan fingerprint density at radius 1 is 1.38 bits per heavy atom. The minimum Gasteiger partial charge on any atom is -0.744 e. The van der Waals surface area contributed by atoms with Crippen LogP contribution in [0.3, 0.4) is 0 Å².